The molecule has 0 fully saturated rings. The Kier molecular flexibility index (Phi) is 2.28. The third-order valence-corrected chi connectivity index (χ3v) is 2.59. The van der Waals surface area contributed by atoms with E-state index in [0.717, 1.165) is 11.5 Å². The molecule has 2 rings (SSSR count). The van der Waals surface area contributed by atoms with Crippen LogP contribution < -0.4 is 5.32 Å². The molecule has 66 valence electrons. The molecule has 1 N–H and O–H groups in total. The summed E-state index contributed by atoms with van der Waals surface area (Å²) in [7, 11) is 0. The Bertz CT molecular complexity index is 383. The molecule has 13 heavy (non-hydrogen) atoms. The summed E-state index contributed by atoms with van der Waals surface area (Å²) in [4.78, 5) is 15.8. The number of amides is 1. The zero-order valence-corrected chi connectivity index (χ0v) is 7.93. The molecule has 0 aromatic carbocycles. The Balaban J connectivity index is 2.08. The number of carbonyl (C=O) groups excluding carboxylic acids is 1. The summed E-state index contributed by atoms with van der Waals surface area (Å²) >= 11 is 2.43. The van der Waals surface area contributed by atoms with E-state index in [1.165, 1.54) is 17.5 Å². The van der Waals surface area contributed by atoms with Crippen LogP contribution in [0.25, 0.3) is 0 Å². The largest absolute Gasteiger partial charge is 0.297 e. The van der Waals surface area contributed by atoms with Gasteiger partial charge in [-0.15, -0.1) is 16.4 Å². The van der Waals surface area contributed by atoms with Crippen molar-refractivity contribution in [2.45, 2.75) is 0 Å². The number of nitrogens with one attached hydrogen (secondary N) is 1. The Labute approximate surface area is 81.6 Å². The van der Waals surface area contributed by atoms with Crippen LogP contribution in [0.1, 0.15) is 9.67 Å². The number of thiazole rings is 1. The molecule has 0 saturated carbocycles. The van der Waals surface area contributed by atoms with Crippen molar-refractivity contribution in [2.75, 3.05) is 5.32 Å². The second-order valence-corrected chi connectivity index (χ2v) is 3.75. The highest BCUT2D eigenvalue weighted by molar-refractivity contribution is 7.14. The van der Waals surface area contributed by atoms with Crippen molar-refractivity contribution in [3.8, 4) is 0 Å². The van der Waals surface area contributed by atoms with Crippen molar-refractivity contribution in [1.29, 1.82) is 0 Å². The lowest BCUT2D eigenvalue weighted by molar-refractivity contribution is 0.103. The van der Waals surface area contributed by atoms with Gasteiger partial charge in [0.15, 0.2) is 5.13 Å². The third kappa shape index (κ3) is 1.87. The summed E-state index contributed by atoms with van der Waals surface area (Å²) in [5, 5.41) is 8.56. The third-order valence-electron chi connectivity index (χ3n) is 1.24. The van der Waals surface area contributed by atoms with Gasteiger partial charge in [-0.2, -0.15) is 0 Å². The predicted molar refractivity (Wildman–Crippen MR) is 50.0 cm³/mol. The maximum atomic E-state index is 11.4. The first-order chi connectivity index (χ1) is 6.36. The topological polar surface area (TPSA) is 67.8 Å². The van der Waals surface area contributed by atoms with Crippen LogP contribution in [-0.4, -0.2) is 20.5 Å². The van der Waals surface area contributed by atoms with Gasteiger partial charge in [-0.3, -0.25) is 10.1 Å². The standard InChI is InChI=1S/C6H4N4OS2/c11-5(4-3-8-10-13-4)9-6-7-1-2-12-6/h1-3H,(H,7,9,11). The van der Waals surface area contributed by atoms with Gasteiger partial charge in [0, 0.05) is 11.6 Å². The van der Waals surface area contributed by atoms with Gasteiger partial charge in [0.05, 0.1) is 6.20 Å². The van der Waals surface area contributed by atoms with E-state index in [4.69, 9.17) is 0 Å². The van der Waals surface area contributed by atoms with Gasteiger partial charge < -0.3 is 0 Å². The van der Waals surface area contributed by atoms with E-state index in [-0.39, 0.29) is 5.91 Å². The zero-order chi connectivity index (χ0) is 9.10. The van der Waals surface area contributed by atoms with E-state index in [1.807, 2.05) is 0 Å². The summed E-state index contributed by atoms with van der Waals surface area (Å²) in [6.45, 7) is 0. The molecule has 2 aromatic heterocycles. The zero-order valence-electron chi connectivity index (χ0n) is 6.30. The van der Waals surface area contributed by atoms with Crippen LogP contribution in [0.2, 0.25) is 0 Å². The Morgan fingerprint density at radius 1 is 1.54 bits per heavy atom. The van der Waals surface area contributed by atoms with Crippen LogP contribution in [-0.2, 0) is 0 Å². The number of rotatable bonds is 2. The molecule has 0 radical (unpaired) electrons. The SMILES string of the molecule is O=C(Nc1nccs1)c1cnns1. The fourth-order valence-corrected chi connectivity index (χ4v) is 1.65. The predicted octanol–water partition coefficient (Wildman–Crippen LogP) is 1.25. The molecule has 2 heterocycles. The average Bonchev–Trinajstić information content (AvgIpc) is 2.74. The first-order valence-corrected chi connectivity index (χ1v) is 5.00. The van der Waals surface area contributed by atoms with E-state index < -0.39 is 0 Å². The molecule has 1 amide bonds. The van der Waals surface area contributed by atoms with Crippen molar-refractivity contribution in [3.05, 3.63) is 22.7 Å². The van der Waals surface area contributed by atoms with E-state index >= 15 is 0 Å². The number of carbonyl (C=O) groups is 1. The van der Waals surface area contributed by atoms with Crippen LogP contribution in [0.4, 0.5) is 5.13 Å². The molecule has 0 saturated heterocycles. The number of anilines is 1. The highest BCUT2D eigenvalue weighted by Gasteiger charge is 2.09. The van der Waals surface area contributed by atoms with Gasteiger partial charge in [0.2, 0.25) is 0 Å². The first kappa shape index (κ1) is 8.27. The summed E-state index contributed by atoms with van der Waals surface area (Å²) in [6.07, 6.45) is 3.05. The Morgan fingerprint density at radius 2 is 2.46 bits per heavy atom. The molecule has 0 aliphatic carbocycles. The second-order valence-electron chi connectivity index (χ2n) is 2.07. The van der Waals surface area contributed by atoms with E-state index in [0.29, 0.717) is 10.0 Å². The fourth-order valence-electron chi connectivity index (χ4n) is 0.711. The van der Waals surface area contributed by atoms with Crippen LogP contribution in [0.5, 0.6) is 0 Å². The normalized spacial score (nSPS) is 9.85. The lowest BCUT2D eigenvalue weighted by Crippen LogP contribution is -2.09. The highest BCUT2D eigenvalue weighted by Crippen LogP contribution is 2.12. The monoisotopic (exact) mass is 212 g/mol. The molecule has 0 unspecified atom stereocenters. The van der Waals surface area contributed by atoms with Crippen molar-refractivity contribution in [3.63, 3.8) is 0 Å². The van der Waals surface area contributed by atoms with Gasteiger partial charge in [0.25, 0.3) is 5.91 Å². The molecular weight excluding hydrogens is 208 g/mol. The summed E-state index contributed by atoms with van der Waals surface area (Å²) in [5.74, 6) is -0.218. The van der Waals surface area contributed by atoms with Gasteiger partial charge in [-0.05, 0) is 11.5 Å². The van der Waals surface area contributed by atoms with Crippen LogP contribution in [0.15, 0.2) is 17.8 Å². The molecule has 7 heteroatoms. The smallest absolute Gasteiger partial charge is 0.270 e. The minimum Gasteiger partial charge on any atom is -0.297 e. The Hall–Kier alpha value is -1.34. The molecule has 2 aromatic rings. The molecular formula is C6H4N4OS2. The van der Waals surface area contributed by atoms with E-state index in [1.54, 1.807) is 11.6 Å². The highest BCUT2D eigenvalue weighted by atomic mass is 32.1. The molecule has 0 spiro atoms. The molecule has 5 nitrogen and oxygen atoms in total. The summed E-state index contributed by atoms with van der Waals surface area (Å²) in [5.41, 5.74) is 0. The first-order valence-electron chi connectivity index (χ1n) is 3.34. The van der Waals surface area contributed by atoms with Gasteiger partial charge in [-0.1, -0.05) is 4.49 Å². The van der Waals surface area contributed by atoms with Crippen LogP contribution in [0.3, 0.4) is 0 Å². The molecule has 0 aliphatic heterocycles. The lowest BCUT2D eigenvalue weighted by Gasteiger charge is -1.95. The quantitative estimate of drug-likeness (QED) is 0.813. The maximum absolute atomic E-state index is 11.4. The molecule has 0 atom stereocenters. The second kappa shape index (κ2) is 3.58. The maximum Gasteiger partial charge on any atom is 0.270 e. The van der Waals surface area contributed by atoms with Crippen molar-refractivity contribution in [2.24, 2.45) is 0 Å². The van der Waals surface area contributed by atoms with Crippen molar-refractivity contribution < 1.29 is 4.79 Å². The Morgan fingerprint density at radius 3 is 3.08 bits per heavy atom. The molecule has 0 aliphatic rings. The van der Waals surface area contributed by atoms with Gasteiger partial charge in [0.1, 0.15) is 4.88 Å². The van der Waals surface area contributed by atoms with Crippen LogP contribution in [0, 0.1) is 0 Å². The van der Waals surface area contributed by atoms with Crippen molar-refractivity contribution in [1.82, 2.24) is 14.6 Å². The summed E-state index contributed by atoms with van der Waals surface area (Å²) < 4.78 is 3.59. The van der Waals surface area contributed by atoms with Gasteiger partial charge >= 0.3 is 0 Å². The minimum absolute atomic E-state index is 0.218. The van der Waals surface area contributed by atoms with E-state index in [2.05, 4.69) is 19.9 Å². The molecule has 0 bridgehead atoms. The number of hydrogen-bond acceptors (Lipinski definition) is 6. The fraction of sp³-hybridized carbons (Fsp3) is 0. The number of hydrogen-bond donors (Lipinski definition) is 1. The lowest BCUT2D eigenvalue weighted by atomic mass is 10.5. The number of aromatic nitrogens is 3. The average molecular weight is 212 g/mol. The van der Waals surface area contributed by atoms with Crippen LogP contribution >= 0.6 is 22.9 Å². The van der Waals surface area contributed by atoms with Crippen molar-refractivity contribution >= 4 is 33.9 Å². The number of nitrogens with zero attached hydrogens (tertiary/aromatic N) is 3. The minimum atomic E-state index is -0.218. The van der Waals surface area contributed by atoms with E-state index in [9.17, 15) is 4.79 Å². The van der Waals surface area contributed by atoms with Gasteiger partial charge in [-0.25, -0.2) is 4.98 Å². The summed E-state index contributed by atoms with van der Waals surface area (Å²) in [6, 6.07) is 0.